The Hall–Kier alpha value is -1.72. The highest BCUT2D eigenvalue weighted by Crippen LogP contribution is 2.36. The standard InChI is InChI=1S/C18H25N3O2/c1-3-18(13-22)9-11-21(12-10-18)14(2)17-19-16(20-23-17)15-7-5-4-6-8-15/h4-8,14,22H,3,9-13H2,1-2H3. The smallest absolute Gasteiger partial charge is 0.244 e. The maximum atomic E-state index is 9.65. The molecule has 0 saturated carbocycles. The molecule has 1 aromatic carbocycles. The van der Waals surface area contributed by atoms with Crippen LogP contribution in [0.25, 0.3) is 11.4 Å². The molecule has 1 aliphatic heterocycles. The summed E-state index contributed by atoms with van der Waals surface area (Å²) in [4.78, 5) is 6.93. The van der Waals surface area contributed by atoms with E-state index in [1.165, 1.54) is 0 Å². The van der Waals surface area contributed by atoms with Gasteiger partial charge in [0.05, 0.1) is 6.04 Å². The van der Waals surface area contributed by atoms with Gasteiger partial charge in [0.25, 0.3) is 0 Å². The van der Waals surface area contributed by atoms with E-state index in [1.807, 2.05) is 30.3 Å². The molecule has 5 nitrogen and oxygen atoms in total. The van der Waals surface area contributed by atoms with Crippen molar-refractivity contribution in [2.45, 2.75) is 39.2 Å². The lowest BCUT2D eigenvalue weighted by Gasteiger charge is -2.41. The second-order valence-corrected chi connectivity index (χ2v) is 6.55. The van der Waals surface area contributed by atoms with Gasteiger partial charge in [0.15, 0.2) is 0 Å². The second kappa shape index (κ2) is 6.81. The highest BCUT2D eigenvalue weighted by molar-refractivity contribution is 5.53. The summed E-state index contributed by atoms with van der Waals surface area (Å²) in [7, 11) is 0. The lowest BCUT2D eigenvalue weighted by molar-refractivity contribution is 0.0216. The SMILES string of the molecule is CCC1(CO)CCN(C(C)c2nc(-c3ccccc3)no2)CC1. The van der Waals surface area contributed by atoms with Crippen LogP contribution in [0.4, 0.5) is 0 Å². The van der Waals surface area contributed by atoms with Crippen LogP contribution in [0.3, 0.4) is 0 Å². The van der Waals surface area contributed by atoms with E-state index in [1.54, 1.807) is 0 Å². The van der Waals surface area contributed by atoms with Crippen LogP contribution in [-0.4, -0.2) is 39.8 Å². The summed E-state index contributed by atoms with van der Waals surface area (Å²) in [6, 6.07) is 9.99. The van der Waals surface area contributed by atoms with Gasteiger partial charge in [-0.2, -0.15) is 4.98 Å². The molecule has 5 heteroatoms. The van der Waals surface area contributed by atoms with E-state index >= 15 is 0 Å². The highest BCUT2D eigenvalue weighted by Gasteiger charge is 2.35. The van der Waals surface area contributed by atoms with Gasteiger partial charge in [-0.25, -0.2) is 0 Å². The molecule has 0 bridgehead atoms. The molecule has 0 aliphatic carbocycles. The number of rotatable bonds is 5. The van der Waals surface area contributed by atoms with E-state index in [-0.39, 0.29) is 18.1 Å². The number of aromatic nitrogens is 2. The summed E-state index contributed by atoms with van der Waals surface area (Å²) in [5.41, 5.74) is 1.07. The maximum absolute atomic E-state index is 9.65. The number of benzene rings is 1. The molecular weight excluding hydrogens is 290 g/mol. The normalized spacial score (nSPS) is 19.6. The molecule has 23 heavy (non-hydrogen) atoms. The quantitative estimate of drug-likeness (QED) is 0.917. The maximum Gasteiger partial charge on any atom is 0.244 e. The minimum absolute atomic E-state index is 0.0975. The van der Waals surface area contributed by atoms with Gasteiger partial charge in [-0.1, -0.05) is 42.4 Å². The topological polar surface area (TPSA) is 62.4 Å². The number of hydrogen-bond acceptors (Lipinski definition) is 5. The van der Waals surface area contributed by atoms with Crippen LogP contribution in [-0.2, 0) is 0 Å². The first-order valence-corrected chi connectivity index (χ1v) is 8.41. The van der Waals surface area contributed by atoms with E-state index in [9.17, 15) is 5.11 Å². The summed E-state index contributed by atoms with van der Waals surface area (Å²) >= 11 is 0. The van der Waals surface area contributed by atoms with Crippen molar-refractivity contribution >= 4 is 0 Å². The third-order valence-corrected chi connectivity index (χ3v) is 5.32. The van der Waals surface area contributed by atoms with Gasteiger partial charge in [-0.05, 0) is 44.7 Å². The van der Waals surface area contributed by atoms with E-state index in [4.69, 9.17) is 4.52 Å². The van der Waals surface area contributed by atoms with E-state index in [0.717, 1.165) is 37.9 Å². The van der Waals surface area contributed by atoms with Gasteiger partial charge in [0.1, 0.15) is 0 Å². The Labute approximate surface area is 137 Å². The third-order valence-electron chi connectivity index (χ3n) is 5.32. The van der Waals surface area contributed by atoms with Gasteiger partial charge in [-0.3, -0.25) is 4.90 Å². The zero-order valence-corrected chi connectivity index (χ0v) is 13.9. The molecule has 0 spiro atoms. The number of nitrogens with zero attached hydrogens (tertiary/aromatic N) is 3. The van der Waals surface area contributed by atoms with Crippen LogP contribution in [0.15, 0.2) is 34.9 Å². The summed E-state index contributed by atoms with van der Waals surface area (Å²) in [6.07, 6.45) is 3.07. The highest BCUT2D eigenvalue weighted by atomic mass is 16.5. The molecule has 0 radical (unpaired) electrons. The van der Waals surface area contributed by atoms with E-state index < -0.39 is 0 Å². The lowest BCUT2D eigenvalue weighted by Crippen LogP contribution is -2.42. The average molecular weight is 315 g/mol. The molecule has 2 aromatic rings. The van der Waals surface area contributed by atoms with Crippen LogP contribution < -0.4 is 0 Å². The zero-order valence-electron chi connectivity index (χ0n) is 13.9. The Balaban J connectivity index is 1.68. The first-order chi connectivity index (χ1) is 11.2. The monoisotopic (exact) mass is 315 g/mol. The van der Waals surface area contributed by atoms with Crippen LogP contribution in [0.1, 0.15) is 45.0 Å². The Morgan fingerprint density at radius 2 is 1.96 bits per heavy atom. The Bertz CT molecular complexity index is 612. The molecule has 1 aliphatic rings. The van der Waals surface area contributed by atoms with Gasteiger partial charge in [0.2, 0.25) is 11.7 Å². The van der Waals surface area contributed by atoms with Gasteiger partial charge in [0, 0.05) is 12.2 Å². The van der Waals surface area contributed by atoms with Crippen molar-refractivity contribution in [1.82, 2.24) is 15.0 Å². The molecule has 124 valence electrons. The Morgan fingerprint density at radius 1 is 1.26 bits per heavy atom. The van der Waals surface area contributed by atoms with Gasteiger partial charge < -0.3 is 9.63 Å². The van der Waals surface area contributed by atoms with Crippen molar-refractivity contribution in [1.29, 1.82) is 0 Å². The molecule has 1 N–H and O–H groups in total. The number of likely N-dealkylation sites (tertiary alicyclic amines) is 1. The predicted molar refractivity (Wildman–Crippen MR) is 88.8 cm³/mol. The fourth-order valence-electron chi connectivity index (χ4n) is 3.27. The molecule has 0 amide bonds. The van der Waals surface area contributed by atoms with Crippen molar-refractivity contribution < 1.29 is 9.63 Å². The van der Waals surface area contributed by atoms with Crippen molar-refractivity contribution in [2.24, 2.45) is 5.41 Å². The van der Waals surface area contributed by atoms with Crippen LogP contribution >= 0.6 is 0 Å². The molecule has 1 fully saturated rings. The summed E-state index contributed by atoms with van der Waals surface area (Å²) in [6.45, 7) is 6.47. The van der Waals surface area contributed by atoms with Crippen LogP contribution in [0.5, 0.6) is 0 Å². The minimum Gasteiger partial charge on any atom is -0.396 e. The summed E-state index contributed by atoms with van der Waals surface area (Å²) < 4.78 is 5.49. The Morgan fingerprint density at radius 3 is 2.57 bits per heavy atom. The molecule has 2 heterocycles. The van der Waals surface area contributed by atoms with E-state index in [0.29, 0.717) is 11.7 Å². The average Bonchev–Trinajstić information content (AvgIpc) is 3.12. The fourth-order valence-corrected chi connectivity index (χ4v) is 3.27. The first-order valence-electron chi connectivity index (χ1n) is 8.41. The minimum atomic E-state index is 0.0975. The van der Waals surface area contributed by atoms with Crippen molar-refractivity contribution in [2.75, 3.05) is 19.7 Å². The van der Waals surface area contributed by atoms with Gasteiger partial charge >= 0.3 is 0 Å². The number of hydrogen-bond donors (Lipinski definition) is 1. The molecule has 3 rings (SSSR count). The Kier molecular flexibility index (Phi) is 4.78. The molecule has 1 unspecified atom stereocenters. The molecule has 1 atom stereocenters. The number of aliphatic hydroxyl groups is 1. The predicted octanol–water partition coefficient (Wildman–Crippen LogP) is 3.28. The van der Waals surface area contributed by atoms with Crippen LogP contribution in [0.2, 0.25) is 0 Å². The molecular formula is C18H25N3O2. The summed E-state index contributed by atoms with van der Waals surface area (Å²) in [5, 5.41) is 13.8. The van der Waals surface area contributed by atoms with Crippen LogP contribution in [0, 0.1) is 5.41 Å². The van der Waals surface area contributed by atoms with E-state index in [2.05, 4.69) is 28.9 Å². The van der Waals surface area contributed by atoms with Gasteiger partial charge in [-0.15, -0.1) is 0 Å². The largest absolute Gasteiger partial charge is 0.396 e. The van der Waals surface area contributed by atoms with Crippen molar-refractivity contribution in [3.8, 4) is 11.4 Å². The molecule has 1 saturated heterocycles. The first kappa shape index (κ1) is 16.1. The third kappa shape index (κ3) is 3.31. The number of piperidine rings is 1. The second-order valence-electron chi connectivity index (χ2n) is 6.55. The molecule has 1 aromatic heterocycles. The number of aliphatic hydroxyl groups excluding tert-OH is 1. The fraction of sp³-hybridized carbons (Fsp3) is 0.556. The zero-order chi connectivity index (χ0) is 16.3. The lowest BCUT2D eigenvalue weighted by atomic mass is 9.77. The van der Waals surface area contributed by atoms with Crippen molar-refractivity contribution in [3.05, 3.63) is 36.2 Å². The van der Waals surface area contributed by atoms with Crippen molar-refractivity contribution in [3.63, 3.8) is 0 Å². The summed E-state index contributed by atoms with van der Waals surface area (Å²) in [5.74, 6) is 1.31.